The van der Waals surface area contributed by atoms with E-state index in [1.54, 1.807) is 0 Å². The summed E-state index contributed by atoms with van der Waals surface area (Å²) in [6, 6.07) is 0. The molecule has 0 aliphatic heterocycles. The van der Waals surface area contributed by atoms with Crippen molar-refractivity contribution in [2.75, 3.05) is 6.61 Å². The van der Waals surface area contributed by atoms with Crippen LogP contribution in [0.1, 0.15) is 79.1 Å². The van der Waals surface area contributed by atoms with Crippen molar-refractivity contribution in [2.24, 2.45) is 52.3 Å². The Balaban J connectivity index is 0.00000294. The molecule has 0 unspecified atom stereocenters. The second-order valence-electron chi connectivity index (χ2n) is 13.4. The molecular weight excluding hydrogens is 594 g/mol. The average Bonchev–Trinajstić information content (AvgIpc) is 3.12. The summed E-state index contributed by atoms with van der Waals surface area (Å²) < 4.78 is 77.0. The van der Waals surface area contributed by atoms with Gasteiger partial charge in [-0.1, -0.05) is 39.8 Å². The Morgan fingerprint density at radius 2 is 1.56 bits per heavy atom. The molecule has 4 rings (SSSR count). The van der Waals surface area contributed by atoms with Crippen molar-refractivity contribution in [3.05, 3.63) is 12.2 Å². The molecule has 4 aliphatic carbocycles. The minimum absolute atomic E-state index is 0. The number of aliphatic hydroxyl groups is 2. The van der Waals surface area contributed by atoms with Gasteiger partial charge < -0.3 is 19.3 Å². The Labute approximate surface area is 290 Å². The van der Waals surface area contributed by atoms with Crippen LogP contribution in [0.2, 0.25) is 0 Å². The minimum atomic E-state index is -4.94. The van der Waals surface area contributed by atoms with Gasteiger partial charge in [-0.3, -0.25) is 8.37 Å². The molecule has 0 bridgehead atoms. The molecule has 0 amide bonds. The van der Waals surface area contributed by atoms with Gasteiger partial charge in [0.1, 0.15) is 6.10 Å². The summed E-state index contributed by atoms with van der Waals surface area (Å²) in [6.45, 7) is 8.22. The molecule has 0 aromatic heterocycles. The van der Waals surface area contributed by atoms with Crippen LogP contribution in [0.5, 0.6) is 0 Å². The zero-order valence-corrected chi connectivity index (χ0v) is 30.9. The van der Waals surface area contributed by atoms with Gasteiger partial charge in [0.15, 0.2) is 0 Å². The van der Waals surface area contributed by atoms with E-state index in [9.17, 15) is 36.2 Å². The Morgan fingerprint density at radius 3 is 2.15 bits per heavy atom. The number of allylic oxidation sites excluding steroid dienone is 1. The van der Waals surface area contributed by atoms with Gasteiger partial charge in [0, 0.05) is 5.92 Å². The number of rotatable bonds is 9. The van der Waals surface area contributed by atoms with E-state index in [2.05, 4.69) is 31.9 Å². The Bertz CT molecular complexity index is 1130. The number of fused-ring (bicyclic) bond motifs is 5. The molecular formula is C27H44Na2O10S2. The van der Waals surface area contributed by atoms with Crippen LogP contribution in [0, 0.1) is 52.3 Å². The van der Waals surface area contributed by atoms with Gasteiger partial charge in [0.05, 0.1) is 18.8 Å². The predicted octanol–water partition coefficient (Wildman–Crippen LogP) is -2.86. The van der Waals surface area contributed by atoms with Crippen molar-refractivity contribution < 1.29 is 104 Å². The van der Waals surface area contributed by atoms with Crippen LogP contribution in [-0.4, -0.2) is 61.1 Å². The molecule has 226 valence electrons. The van der Waals surface area contributed by atoms with Crippen molar-refractivity contribution in [1.29, 1.82) is 0 Å². The van der Waals surface area contributed by atoms with Crippen LogP contribution >= 0.6 is 0 Å². The SMILES string of the molecule is CC(C)C/C=C/[C@@H](COS(=O)(=O)[O-])[C@H]1CC[C@H]2[C@@H]3CC[C@@H]4[C@H](O)[C@H](OS(=O)(=O)[O-])CC[C@]4(C)[C@H]3[C@@H](O)C[C@]12C.[Na+].[Na+]. The first-order valence-electron chi connectivity index (χ1n) is 14.2. The molecule has 4 saturated carbocycles. The molecule has 10 nitrogen and oxygen atoms in total. The Hall–Kier alpha value is 1.40. The second-order valence-corrected chi connectivity index (χ2v) is 15.5. The fourth-order valence-corrected chi connectivity index (χ4v) is 10.3. The summed E-state index contributed by atoms with van der Waals surface area (Å²) in [5.41, 5.74) is -0.730. The van der Waals surface area contributed by atoms with Crippen molar-refractivity contribution in [1.82, 2.24) is 0 Å². The molecule has 0 aromatic rings. The van der Waals surface area contributed by atoms with Gasteiger partial charge in [0.25, 0.3) is 0 Å². The summed E-state index contributed by atoms with van der Waals surface area (Å²) in [6.07, 6.45) is 6.40. The maximum absolute atomic E-state index is 11.7. The summed E-state index contributed by atoms with van der Waals surface area (Å²) in [5.74, 6) is 0.246. The predicted molar refractivity (Wildman–Crippen MR) is 140 cm³/mol. The third-order valence-corrected chi connectivity index (χ3v) is 11.8. The van der Waals surface area contributed by atoms with Crippen molar-refractivity contribution >= 4 is 20.8 Å². The molecule has 0 heterocycles. The third kappa shape index (κ3) is 8.41. The Kier molecular flexibility index (Phi) is 13.6. The van der Waals surface area contributed by atoms with Crippen LogP contribution in [-0.2, 0) is 29.2 Å². The van der Waals surface area contributed by atoms with Crippen molar-refractivity contribution in [3.8, 4) is 0 Å². The van der Waals surface area contributed by atoms with Crippen LogP contribution in [0.25, 0.3) is 0 Å². The monoisotopic (exact) mass is 638 g/mol. The average molecular weight is 639 g/mol. The summed E-state index contributed by atoms with van der Waals surface area (Å²) in [5, 5.41) is 22.8. The molecule has 0 radical (unpaired) electrons. The molecule has 41 heavy (non-hydrogen) atoms. The minimum Gasteiger partial charge on any atom is -0.726 e. The maximum atomic E-state index is 11.7. The zero-order chi connectivity index (χ0) is 29.0. The fraction of sp³-hybridized carbons (Fsp3) is 0.926. The van der Waals surface area contributed by atoms with Crippen LogP contribution < -0.4 is 59.1 Å². The number of hydrogen-bond acceptors (Lipinski definition) is 10. The standard InChI is InChI=1S/C27H46O10S2.2Na/c1-16(2)6-5-7-17(15-36-38(30,31)32)19-10-11-20-18-8-9-21-25(29)23(37-39(33,34)35)12-13-26(21,3)24(18)22(28)14-27(19,20)4;;/h5,7,16-25,28-29H,6,8-15H2,1-4H3,(H,30,31,32)(H,33,34,35);;/q;2*+1/p-2/b7-5+;;/t17-,18-,19+,20-,21+,22-,23+,24+,25-,26-,27+;;/m0../s1. The van der Waals surface area contributed by atoms with E-state index in [4.69, 9.17) is 4.18 Å². The van der Waals surface area contributed by atoms with Gasteiger partial charge in [-0.25, -0.2) is 16.8 Å². The molecule has 14 heteroatoms. The van der Waals surface area contributed by atoms with Crippen molar-refractivity contribution in [2.45, 2.75) is 97.4 Å². The molecule has 0 saturated heterocycles. The zero-order valence-electron chi connectivity index (χ0n) is 25.3. The van der Waals surface area contributed by atoms with E-state index in [0.717, 1.165) is 25.7 Å². The maximum Gasteiger partial charge on any atom is 1.00 e. The van der Waals surface area contributed by atoms with Crippen LogP contribution in [0.15, 0.2) is 12.2 Å². The van der Waals surface area contributed by atoms with E-state index in [1.807, 2.05) is 12.2 Å². The van der Waals surface area contributed by atoms with Gasteiger partial charge >= 0.3 is 59.1 Å². The van der Waals surface area contributed by atoms with E-state index >= 15 is 0 Å². The largest absolute Gasteiger partial charge is 1.00 e. The molecule has 2 N–H and O–H groups in total. The molecule has 0 spiro atoms. The van der Waals surface area contributed by atoms with E-state index < -0.39 is 44.5 Å². The Morgan fingerprint density at radius 1 is 0.927 bits per heavy atom. The molecule has 4 aliphatic rings. The summed E-state index contributed by atoms with van der Waals surface area (Å²) in [7, 11) is -9.78. The van der Waals surface area contributed by atoms with Gasteiger partial charge in [0.2, 0.25) is 20.8 Å². The first-order valence-corrected chi connectivity index (χ1v) is 16.9. The molecule has 0 aromatic carbocycles. The number of hydrogen-bond donors (Lipinski definition) is 2. The van der Waals surface area contributed by atoms with E-state index in [1.165, 1.54) is 0 Å². The van der Waals surface area contributed by atoms with Gasteiger partial charge in [-0.05, 0) is 97.7 Å². The molecule has 11 atom stereocenters. The van der Waals surface area contributed by atoms with Crippen LogP contribution in [0.4, 0.5) is 0 Å². The first kappa shape index (κ1) is 38.6. The third-order valence-electron chi connectivity index (χ3n) is 10.9. The summed E-state index contributed by atoms with van der Waals surface area (Å²) in [4.78, 5) is 0. The van der Waals surface area contributed by atoms with E-state index in [0.29, 0.717) is 25.2 Å². The fourth-order valence-electron chi connectivity index (χ4n) is 9.42. The van der Waals surface area contributed by atoms with Crippen LogP contribution in [0.3, 0.4) is 0 Å². The topological polar surface area (TPSA) is 173 Å². The van der Waals surface area contributed by atoms with Crippen molar-refractivity contribution in [3.63, 3.8) is 0 Å². The van der Waals surface area contributed by atoms with Gasteiger partial charge in [-0.15, -0.1) is 0 Å². The smallest absolute Gasteiger partial charge is 0.726 e. The second kappa shape index (κ2) is 14.4. The first-order chi connectivity index (χ1) is 18.0. The normalized spacial score (nSPS) is 41.6. The quantitative estimate of drug-likeness (QED) is 0.116. The van der Waals surface area contributed by atoms with E-state index in [-0.39, 0.29) is 113 Å². The van der Waals surface area contributed by atoms with Gasteiger partial charge in [-0.2, -0.15) is 0 Å². The summed E-state index contributed by atoms with van der Waals surface area (Å²) >= 11 is 0. The number of aliphatic hydroxyl groups excluding tert-OH is 2. The molecule has 4 fully saturated rings.